The molecule has 1 aromatic rings. The lowest BCUT2D eigenvalue weighted by Crippen LogP contribution is -2.40. The zero-order valence-electron chi connectivity index (χ0n) is 13.6. The Morgan fingerprint density at radius 2 is 2.04 bits per heavy atom. The van der Waals surface area contributed by atoms with Crippen molar-refractivity contribution >= 4 is 29.9 Å². The predicted molar refractivity (Wildman–Crippen MR) is 102 cm³/mol. The minimum Gasteiger partial charge on any atom is -0.370 e. The first-order valence-electron chi connectivity index (χ1n) is 7.59. The van der Waals surface area contributed by atoms with Gasteiger partial charge in [0.15, 0.2) is 5.96 Å². The van der Waals surface area contributed by atoms with Gasteiger partial charge in [0, 0.05) is 12.0 Å². The number of halogens is 4. The van der Waals surface area contributed by atoms with Gasteiger partial charge in [-0.2, -0.15) is 13.2 Å². The Kier molecular flexibility index (Phi) is 7.12. The number of rotatable bonds is 5. The number of aliphatic imine (C=N–C) groups is 1. The lowest BCUT2D eigenvalue weighted by Gasteiger charge is -2.41. The molecule has 0 aromatic heterocycles. The Morgan fingerprint density at radius 1 is 1.38 bits per heavy atom. The van der Waals surface area contributed by atoms with Crippen LogP contribution in [0.4, 0.5) is 13.2 Å². The third kappa shape index (κ3) is 5.12. The summed E-state index contributed by atoms with van der Waals surface area (Å²) in [5.41, 5.74) is 6.47. The Morgan fingerprint density at radius 3 is 2.54 bits per heavy atom. The van der Waals surface area contributed by atoms with E-state index in [2.05, 4.69) is 16.9 Å². The standard InChI is InChI=1S/C17H22F3N3.HI/c1-12(2)10-22-15(21)23-11-16(7-4-8-16)13-5-3-6-14(9-13)17(18,19)20;/h3,5-6,9H,1,4,7-8,10-11H2,2H3,(H3,21,22,23);1H. The quantitative estimate of drug-likeness (QED) is 0.304. The van der Waals surface area contributed by atoms with Gasteiger partial charge in [0.25, 0.3) is 0 Å². The molecule has 0 atom stereocenters. The Balaban J connectivity index is 0.00000288. The minimum atomic E-state index is -4.33. The predicted octanol–water partition coefficient (Wildman–Crippen LogP) is 4.23. The molecule has 7 heteroatoms. The lowest BCUT2D eigenvalue weighted by atomic mass is 9.64. The fraction of sp³-hybridized carbons (Fsp3) is 0.471. The summed E-state index contributed by atoms with van der Waals surface area (Å²) in [5.74, 6) is 0.297. The summed E-state index contributed by atoms with van der Waals surface area (Å²) >= 11 is 0. The molecule has 1 saturated carbocycles. The fourth-order valence-corrected chi connectivity index (χ4v) is 2.70. The Labute approximate surface area is 157 Å². The van der Waals surface area contributed by atoms with Crippen molar-refractivity contribution < 1.29 is 13.2 Å². The summed E-state index contributed by atoms with van der Waals surface area (Å²) in [6.45, 7) is 6.56. The normalized spacial score (nSPS) is 16.8. The van der Waals surface area contributed by atoms with E-state index in [4.69, 9.17) is 5.73 Å². The molecule has 2 rings (SSSR count). The molecule has 0 heterocycles. The molecule has 3 N–H and O–H groups in total. The van der Waals surface area contributed by atoms with Crippen LogP contribution >= 0.6 is 24.0 Å². The maximum absolute atomic E-state index is 12.9. The van der Waals surface area contributed by atoms with Crippen molar-refractivity contribution in [3.8, 4) is 0 Å². The number of hydrogen-bond acceptors (Lipinski definition) is 1. The van der Waals surface area contributed by atoms with Crippen LogP contribution in [0.1, 0.15) is 37.3 Å². The van der Waals surface area contributed by atoms with Crippen LogP contribution in [-0.4, -0.2) is 19.0 Å². The molecule has 0 saturated heterocycles. The second-order valence-corrected chi connectivity index (χ2v) is 6.22. The smallest absolute Gasteiger partial charge is 0.370 e. The maximum atomic E-state index is 12.9. The fourth-order valence-electron chi connectivity index (χ4n) is 2.70. The highest BCUT2D eigenvalue weighted by atomic mass is 127. The second-order valence-electron chi connectivity index (χ2n) is 6.22. The molecule has 134 valence electrons. The summed E-state index contributed by atoms with van der Waals surface area (Å²) in [6, 6.07) is 5.56. The number of alkyl halides is 3. The average Bonchev–Trinajstić information content (AvgIpc) is 2.43. The van der Waals surface area contributed by atoms with Gasteiger partial charge in [-0.05, 0) is 31.4 Å². The first-order valence-corrected chi connectivity index (χ1v) is 7.59. The van der Waals surface area contributed by atoms with E-state index in [1.54, 1.807) is 6.07 Å². The van der Waals surface area contributed by atoms with E-state index < -0.39 is 11.7 Å². The molecule has 0 unspecified atom stereocenters. The van der Waals surface area contributed by atoms with Crippen LogP contribution in [0.25, 0.3) is 0 Å². The molecule has 1 aromatic carbocycles. The molecular formula is C17H23F3IN3. The van der Waals surface area contributed by atoms with Crippen molar-refractivity contribution in [2.45, 2.75) is 37.8 Å². The van der Waals surface area contributed by atoms with Gasteiger partial charge < -0.3 is 11.1 Å². The molecule has 24 heavy (non-hydrogen) atoms. The molecule has 3 nitrogen and oxygen atoms in total. The van der Waals surface area contributed by atoms with Crippen LogP contribution in [0, 0.1) is 0 Å². The van der Waals surface area contributed by atoms with Crippen molar-refractivity contribution in [1.82, 2.24) is 5.32 Å². The highest BCUT2D eigenvalue weighted by Crippen LogP contribution is 2.45. The zero-order valence-corrected chi connectivity index (χ0v) is 15.9. The summed E-state index contributed by atoms with van der Waals surface area (Å²) in [4.78, 5) is 4.32. The van der Waals surface area contributed by atoms with E-state index in [1.165, 1.54) is 12.1 Å². The third-order valence-electron chi connectivity index (χ3n) is 4.24. The molecular weight excluding hydrogens is 430 g/mol. The van der Waals surface area contributed by atoms with Crippen molar-refractivity contribution in [1.29, 1.82) is 0 Å². The van der Waals surface area contributed by atoms with E-state index in [-0.39, 0.29) is 29.4 Å². The summed E-state index contributed by atoms with van der Waals surface area (Å²) in [5, 5.41) is 2.94. The van der Waals surface area contributed by atoms with E-state index in [0.717, 1.165) is 30.9 Å². The van der Waals surface area contributed by atoms with Gasteiger partial charge in [0.1, 0.15) is 0 Å². The number of benzene rings is 1. The summed E-state index contributed by atoms with van der Waals surface area (Å²) in [7, 11) is 0. The first kappa shape index (κ1) is 20.8. The van der Waals surface area contributed by atoms with Crippen LogP contribution in [0.5, 0.6) is 0 Å². The highest BCUT2D eigenvalue weighted by Gasteiger charge is 2.40. The zero-order chi connectivity index (χ0) is 17.1. The molecule has 0 amide bonds. The van der Waals surface area contributed by atoms with Gasteiger partial charge >= 0.3 is 6.18 Å². The van der Waals surface area contributed by atoms with Crippen LogP contribution in [-0.2, 0) is 11.6 Å². The van der Waals surface area contributed by atoms with Crippen molar-refractivity contribution in [3.05, 3.63) is 47.5 Å². The van der Waals surface area contributed by atoms with Crippen LogP contribution in [0.15, 0.2) is 41.4 Å². The van der Waals surface area contributed by atoms with Crippen molar-refractivity contribution in [2.75, 3.05) is 13.1 Å². The van der Waals surface area contributed by atoms with Gasteiger partial charge in [0.2, 0.25) is 0 Å². The summed E-state index contributed by atoms with van der Waals surface area (Å²) < 4.78 is 38.7. The van der Waals surface area contributed by atoms with E-state index >= 15 is 0 Å². The van der Waals surface area contributed by atoms with Crippen LogP contribution in [0.2, 0.25) is 0 Å². The largest absolute Gasteiger partial charge is 0.416 e. The molecule has 1 aliphatic carbocycles. The van der Waals surface area contributed by atoms with Gasteiger partial charge in [-0.15, -0.1) is 24.0 Å². The van der Waals surface area contributed by atoms with Crippen LogP contribution < -0.4 is 11.1 Å². The van der Waals surface area contributed by atoms with Crippen LogP contribution in [0.3, 0.4) is 0 Å². The van der Waals surface area contributed by atoms with E-state index in [0.29, 0.717) is 24.6 Å². The molecule has 0 bridgehead atoms. The van der Waals surface area contributed by atoms with Gasteiger partial charge in [-0.3, -0.25) is 4.99 Å². The number of nitrogens with two attached hydrogens (primary N) is 1. The van der Waals surface area contributed by atoms with Crippen molar-refractivity contribution in [3.63, 3.8) is 0 Å². The number of hydrogen-bond donors (Lipinski definition) is 2. The van der Waals surface area contributed by atoms with Gasteiger partial charge in [-0.1, -0.05) is 36.8 Å². The molecule has 0 aliphatic heterocycles. The molecule has 1 fully saturated rings. The Bertz CT molecular complexity index is 607. The monoisotopic (exact) mass is 453 g/mol. The molecule has 0 spiro atoms. The minimum absolute atomic E-state index is 0. The maximum Gasteiger partial charge on any atom is 0.416 e. The molecule has 0 radical (unpaired) electrons. The third-order valence-corrected chi connectivity index (χ3v) is 4.24. The topological polar surface area (TPSA) is 50.4 Å². The van der Waals surface area contributed by atoms with Crippen molar-refractivity contribution in [2.24, 2.45) is 10.7 Å². The van der Waals surface area contributed by atoms with E-state index in [1.807, 2.05) is 6.92 Å². The van der Waals surface area contributed by atoms with Gasteiger partial charge in [-0.25, -0.2) is 0 Å². The number of guanidine groups is 1. The average molecular weight is 453 g/mol. The number of nitrogens with one attached hydrogen (secondary N) is 1. The lowest BCUT2D eigenvalue weighted by molar-refractivity contribution is -0.137. The number of nitrogens with zero attached hydrogens (tertiary/aromatic N) is 1. The first-order chi connectivity index (χ1) is 10.7. The Hall–Kier alpha value is -1.25. The SMILES string of the molecule is C=C(C)CNC(N)=NCC1(c2cccc(C(F)(F)F)c2)CCC1.I. The van der Waals surface area contributed by atoms with Gasteiger partial charge in [0.05, 0.1) is 12.1 Å². The summed E-state index contributed by atoms with van der Waals surface area (Å²) in [6.07, 6.45) is -1.69. The van der Waals surface area contributed by atoms with E-state index in [9.17, 15) is 13.2 Å². The highest BCUT2D eigenvalue weighted by molar-refractivity contribution is 14.0. The molecule has 1 aliphatic rings. The second kappa shape index (κ2) is 8.22.